The van der Waals surface area contributed by atoms with Gasteiger partial charge in [0.05, 0.1) is 24.5 Å². The van der Waals surface area contributed by atoms with Gasteiger partial charge in [-0.2, -0.15) is 0 Å². The first-order chi connectivity index (χ1) is 11.3. The molecule has 0 atom stereocenters. The number of hydrogen-bond acceptors (Lipinski definition) is 5. The van der Waals surface area contributed by atoms with Gasteiger partial charge in [-0.05, 0) is 13.0 Å². The van der Waals surface area contributed by atoms with Crippen LogP contribution < -0.4 is 0 Å². The minimum Gasteiger partial charge on any atom is -0.383 e. The van der Waals surface area contributed by atoms with Crippen LogP contribution in [0.5, 0.6) is 0 Å². The summed E-state index contributed by atoms with van der Waals surface area (Å²) < 4.78 is 9.36. The summed E-state index contributed by atoms with van der Waals surface area (Å²) in [5.74, 6) is 0.806. The fourth-order valence-electron chi connectivity index (χ4n) is 2.71. The maximum Gasteiger partial charge on any atom is 0.161 e. The van der Waals surface area contributed by atoms with Crippen molar-refractivity contribution in [2.45, 2.75) is 13.5 Å². The Labute approximate surface area is 132 Å². The van der Waals surface area contributed by atoms with Gasteiger partial charge in [-0.3, -0.25) is 4.98 Å². The summed E-state index contributed by atoms with van der Waals surface area (Å²) in [5, 5.41) is 0. The highest BCUT2D eigenvalue weighted by Gasteiger charge is 2.14. The van der Waals surface area contributed by atoms with Crippen LogP contribution in [0.15, 0.2) is 37.1 Å². The van der Waals surface area contributed by atoms with E-state index in [-0.39, 0.29) is 0 Å². The Hall–Kier alpha value is -2.80. The summed E-state index contributed by atoms with van der Waals surface area (Å²) in [7, 11) is 1.69. The van der Waals surface area contributed by atoms with Gasteiger partial charge in [0, 0.05) is 37.9 Å². The number of imidazole rings is 2. The Morgan fingerprint density at radius 1 is 1.17 bits per heavy atom. The van der Waals surface area contributed by atoms with Crippen LogP contribution in [0.4, 0.5) is 0 Å². The molecule has 0 bridgehead atoms. The van der Waals surface area contributed by atoms with Gasteiger partial charge >= 0.3 is 0 Å². The molecule has 0 saturated heterocycles. The van der Waals surface area contributed by atoms with E-state index in [0.29, 0.717) is 13.2 Å². The van der Waals surface area contributed by atoms with Gasteiger partial charge < -0.3 is 13.7 Å². The van der Waals surface area contributed by atoms with E-state index >= 15 is 0 Å². The van der Waals surface area contributed by atoms with Gasteiger partial charge in [-0.15, -0.1) is 0 Å². The van der Waals surface area contributed by atoms with Gasteiger partial charge in [0.15, 0.2) is 11.5 Å². The zero-order valence-electron chi connectivity index (χ0n) is 13.0. The molecule has 0 aliphatic heterocycles. The number of nitrogens with zero attached hydrogens (tertiary/aromatic N) is 6. The third kappa shape index (κ3) is 2.25. The van der Waals surface area contributed by atoms with Crippen molar-refractivity contribution in [2.75, 3.05) is 13.7 Å². The zero-order chi connectivity index (χ0) is 15.8. The van der Waals surface area contributed by atoms with Gasteiger partial charge in [0.25, 0.3) is 0 Å². The molecule has 4 rings (SSSR count). The second-order valence-corrected chi connectivity index (χ2v) is 5.34. The van der Waals surface area contributed by atoms with E-state index in [9.17, 15) is 0 Å². The largest absolute Gasteiger partial charge is 0.383 e. The predicted octanol–water partition coefficient (Wildman–Crippen LogP) is 2.10. The molecule has 0 saturated carbocycles. The third-order valence-electron chi connectivity index (χ3n) is 3.88. The van der Waals surface area contributed by atoms with Crippen LogP contribution in [0.2, 0.25) is 0 Å². The SMILES string of the molecule is COCCn1c(-c2cn3c(C)cnc3cn2)nc2cnccc21. The summed E-state index contributed by atoms with van der Waals surface area (Å²) >= 11 is 0. The number of methoxy groups -OCH3 is 1. The predicted molar refractivity (Wildman–Crippen MR) is 86.1 cm³/mol. The standard InChI is InChI=1S/C16H16N6O/c1-11-7-19-15-9-18-13(10-22(11)15)16-20-12-8-17-4-3-14(12)21(16)5-6-23-2/h3-4,7-10H,5-6H2,1-2H3. The van der Waals surface area contributed by atoms with Crippen molar-refractivity contribution in [3.8, 4) is 11.5 Å². The smallest absolute Gasteiger partial charge is 0.161 e. The van der Waals surface area contributed by atoms with Crippen molar-refractivity contribution >= 4 is 16.7 Å². The van der Waals surface area contributed by atoms with E-state index in [1.54, 1.807) is 25.7 Å². The number of aromatic nitrogens is 6. The molecular formula is C16H16N6O. The van der Waals surface area contributed by atoms with E-state index in [4.69, 9.17) is 9.72 Å². The van der Waals surface area contributed by atoms with Crippen LogP contribution in [0.1, 0.15) is 5.69 Å². The summed E-state index contributed by atoms with van der Waals surface area (Å²) in [6.45, 7) is 3.32. The van der Waals surface area contributed by atoms with Crippen LogP contribution in [0.25, 0.3) is 28.2 Å². The minimum atomic E-state index is 0.604. The van der Waals surface area contributed by atoms with Gasteiger partial charge in [-0.1, -0.05) is 0 Å². The lowest BCUT2D eigenvalue weighted by Gasteiger charge is -2.08. The lowest BCUT2D eigenvalue weighted by atomic mass is 10.4. The van der Waals surface area contributed by atoms with Gasteiger partial charge in [-0.25, -0.2) is 15.0 Å². The van der Waals surface area contributed by atoms with Gasteiger partial charge in [0.1, 0.15) is 11.2 Å². The monoisotopic (exact) mass is 308 g/mol. The quantitative estimate of drug-likeness (QED) is 0.577. The van der Waals surface area contributed by atoms with E-state index < -0.39 is 0 Å². The number of hydrogen-bond donors (Lipinski definition) is 0. The molecule has 4 heterocycles. The second-order valence-electron chi connectivity index (χ2n) is 5.34. The van der Waals surface area contributed by atoms with Gasteiger partial charge in [0.2, 0.25) is 0 Å². The molecular weight excluding hydrogens is 292 g/mol. The highest BCUT2D eigenvalue weighted by atomic mass is 16.5. The Kier molecular flexibility index (Phi) is 3.27. The Morgan fingerprint density at radius 3 is 2.96 bits per heavy atom. The normalized spacial score (nSPS) is 11.6. The first kappa shape index (κ1) is 13.8. The summed E-state index contributed by atoms with van der Waals surface area (Å²) in [6.07, 6.45) is 9.10. The van der Waals surface area contributed by atoms with E-state index in [1.807, 2.05) is 29.8 Å². The number of aryl methyl sites for hydroxylation is 1. The molecule has 7 nitrogen and oxygen atoms in total. The first-order valence-corrected chi connectivity index (χ1v) is 7.37. The molecule has 0 fully saturated rings. The van der Waals surface area contributed by atoms with E-state index in [2.05, 4.69) is 19.5 Å². The van der Waals surface area contributed by atoms with Crippen LogP contribution in [-0.4, -0.2) is 42.6 Å². The molecule has 23 heavy (non-hydrogen) atoms. The zero-order valence-corrected chi connectivity index (χ0v) is 13.0. The van der Waals surface area contributed by atoms with Crippen LogP contribution in [0, 0.1) is 6.92 Å². The van der Waals surface area contributed by atoms with Crippen molar-refractivity contribution in [1.29, 1.82) is 0 Å². The van der Waals surface area contributed by atoms with Crippen LogP contribution in [-0.2, 0) is 11.3 Å². The topological polar surface area (TPSA) is 70.1 Å². The fraction of sp³-hybridized carbons (Fsp3) is 0.250. The maximum absolute atomic E-state index is 5.23. The average molecular weight is 308 g/mol. The van der Waals surface area contributed by atoms with E-state index in [1.165, 1.54) is 0 Å². The van der Waals surface area contributed by atoms with E-state index in [0.717, 1.165) is 33.9 Å². The van der Waals surface area contributed by atoms with Crippen molar-refractivity contribution in [3.05, 3.63) is 42.7 Å². The Morgan fingerprint density at radius 2 is 2.09 bits per heavy atom. The van der Waals surface area contributed by atoms with Crippen molar-refractivity contribution in [3.63, 3.8) is 0 Å². The summed E-state index contributed by atoms with van der Waals surface area (Å²) in [5.41, 5.74) is 4.56. The molecule has 0 radical (unpaired) electrons. The van der Waals surface area contributed by atoms with Crippen molar-refractivity contribution < 1.29 is 4.74 Å². The molecule has 0 N–H and O–H groups in total. The highest BCUT2D eigenvalue weighted by Crippen LogP contribution is 2.23. The molecule has 0 aliphatic carbocycles. The second kappa shape index (κ2) is 5.44. The molecule has 0 aromatic carbocycles. The first-order valence-electron chi connectivity index (χ1n) is 7.37. The summed E-state index contributed by atoms with van der Waals surface area (Å²) in [4.78, 5) is 17.7. The third-order valence-corrected chi connectivity index (χ3v) is 3.88. The summed E-state index contributed by atoms with van der Waals surface area (Å²) in [6, 6.07) is 1.96. The molecule has 0 spiro atoms. The van der Waals surface area contributed by atoms with Crippen LogP contribution in [0.3, 0.4) is 0 Å². The fourth-order valence-corrected chi connectivity index (χ4v) is 2.71. The number of pyridine rings is 1. The lowest BCUT2D eigenvalue weighted by Crippen LogP contribution is -2.07. The molecule has 4 aromatic rings. The Bertz CT molecular complexity index is 987. The number of rotatable bonds is 4. The maximum atomic E-state index is 5.23. The molecule has 7 heteroatoms. The average Bonchev–Trinajstić information content (AvgIpc) is 3.14. The minimum absolute atomic E-state index is 0.604. The molecule has 0 aliphatic rings. The Balaban J connectivity index is 1.93. The lowest BCUT2D eigenvalue weighted by molar-refractivity contribution is 0.188. The molecule has 0 amide bonds. The number of ether oxygens (including phenoxy) is 1. The highest BCUT2D eigenvalue weighted by molar-refractivity contribution is 5.79. The molecule has 0 unspecified atom stereocenters. The molecule has 116 valence electrons. The molecule has 4 aromatic heterocycles. The van der Waals surface area contributed by atoms with Crippen molar-refractivity contribution in [2.24, 2.45) is 0 Å². The van der Waals surface area contributed by atoms with Crippen molar-refractivity contribution in [1.82, 2.24) is 28.9 Å². The number of fused-ring (bicyclic) bond motifs is 2. The van der Waals surface area contributed by atoms with Crippen LogP contribution >= 0.6 is 0 Å².